The van der Waals surface area contributed by atoms with Crippen LogP contribution in [0.3, 0.4) is 0 Å². The van der Waals surface area contributed by atoms with E-state index in [9.17, 15) is 24.6 Å². The molecular formula is C25H39NO5. The molecule has 0 unspecified atom stereocenters. The van der Waals surface area contributed by atoms with Gasteiger partial charge < -0.3 is 10.2 Å². The molecule has 0 aromatic heterocycles. The van der Waals surface area contributed by atoms with E-state index in [0.717, 1.165) is 6.42 Å². The number of carbonyl (C=O) groups is 3. The monoisotopic (exact) mass is 433 g/mol. The first kappa shape index (κ1) is 27.0. The van der Waals surface area contributed by atoms with E-state index in [1.54, 1.807) is 12.2 Å². The number of aliphatic hydroxyl groups excluding tert-OH is 2. The van der Waals surface area contributed by atoms with E-state index >= 15 is 0 Å². The highest BCUT2D eigenvalue weighted by atomic mass is 16.3. The number of hydrogen-bond donors (Lipinski definition) is 3. The quantitative estimate of drug-likeness (QED) is 0.341. The molecule has 0 aliphatic heterocycles. The molecule has 2 amide bonds. The summed E-state index contributed by atoms with van der Waals surface area (Å²) in [5, 5.41) is 23.2. The van der Waals surface area contributed by atoms with Crippen molar-refractivity contribution < 1.29 is 24.6 Å². The van der Waals surface area contributed by atoms with Crippen molar-refractivity contribution in [1.82, 2.24) is 5.32 Å². The van der Waals surface area contributed by atoms with Gasteiger partial charge in [-0.15, -0.1) is 0 Å². The van der Waals surface area contributed by atoms with Crippen molar-refractivity contribution in [2.45, 2.75) is 85.4 Å². The number of hydrogen-bond acceptors (Lipinski definition) is 5. The van der Waals surface area contributed by atoms with Crippen molar-refractivity contribution >= 4 is 17.6 Å². The Morgan fingerprint density at radius 2 is 1.90 bits per heavy atom. The summed E-state index contributed by atoms with van der Waals surface area (Å²) >= 11 is 0. The van der Waals surface area contributed by atoms with Crippen molar-refractivity contribution in [1.29, 1.82) is 0 Å². The fraction of sp³-hybridized carbons (Fsp3) is 0.640. The number of ketones is 1. The Labute approximate surface area is 186 Å². The molecule has 0 aromatic rings. The molecule has 1 aliphatic carbocycles. The summed E-state index contributed by atoms with van der Waals surface area (Å²) in [6.07, 6.45) is 11.0. The summed E-state index contributed by atoms with van der Waals surface area (Å²) in [6, 6.07) is 0. The molecule has 6 nitrogen and oxygen atoms in total. The highest BCUT2D eigenvalue weighted by Gasteiger charge is 2.39. The highest BCUT2D eigenvalue weighted by Crippen LogP contribution is 2.34. The Bertz CT molecular complexity index is 715. The van der Waals surface area contributed by atoms with Crippen LogP contribution in [0, 0.1) is 17.3 Å². The molecule has 1 aliphatic rings. The minimum atomic E-state index is -0.731. The molecule has 31 heavy (non-hydrogen) atoms. The minimum Gasteiger partial charge on any atom is -0.392 e. The lowest BCUT2D eigenvalue weighted by atomic mass is 9.81. The van der Waals surface area contributed by atoms with Gasteiger partial charge in [-0.05, 0) is 44.9 Å². The normalized spacial score (nSPS) is 22.8. The van der Waals surface area contributed by atoms with Crippen molar-refractivity contribution in [3.8, 4) is 0 Å². The number of unbranched alkanes of at least 4 members (excludes halogenated alkanes) is 1. The van der Waals surface area contributed by atoms with Gasteiger partial charge in [-0.2, -0.15) is 0 Å². The molecule has 0 saturated heterocycles. The Morgan fingerprint density at radius 1 is 1.23 bits per heavy atom. The molecule has 1 saturated carbocycles. The number of amides is 2. The van der Waals surface area contributed by atoms with Crippen LogP contribution in [-0.4, -0.2) is 40.0 Å². The van der Waals surface area contributed by atoms with E-state index in [4.69, 9.17) is 0 Å². The van der Waals surface area contributed by atoms with Crippen LogP contribution in [0.15, 0.2) is 36.0 Å². The summed E-state index contributed by atoms with van der Waals surface area (Å²) in [5.74, 6) is -1.23. The third kappa shape index (κ3) is 9.74. The zero-order chi connectivity index (χ0) is 23.6. The Morgan fingerprint density at radius 3 is 2.52 bits per heavy atom. The van der Waals surface area contributed by atoms with E-state index in [0.29, 0.717) is 19.3 Å². The third-order valence-electron chi connectivity index (χ3n) is 5.73. The zero-order valence-electron chi connectivity index (χ0n) is 19.6. The fourth-order valence-corrected chi connectivity index (χ4v) is 3.61. The van der Waals surface area contributed by atoms with Crippen molar-refractivity contribution in [3.05, 3.63) is 36.0 Å². The second-order valence-corrected chi connectivity index (χ2v) is 9.43. The lowest BCUT2D eigenvalue weighted by Gasteiger charge is -2.28. The maximum Gasteiger partial charge on any atom is 0.226 e. The van der Waals surface area contributed by atoms with Gasteiger partial charge in [-0.25, -0.2) is 0 Å². The molecule has 174 valence electrons. The first-order valence-corrected chi connectivity index (χ1v) is 11.1. The third-order valence-corrected chi connectivity index (χ3v) is 5.73. The predicted octanol–water partition coefficient (Wildman–Crippen LogP) is 3.63. The average Bonchev–Trinajstić information content (AvgIpc) is 2.92. The van der Waals surface area contributed by atoms with Crippen LogP contribution < -0.4 is 5.32 Å². The van der Waals surface area contributed by atoms with E-state index in [1.807, 2.05) is 39.8 Å². The van der Waals surface area contributed by atoms with E-state index in [-0.39, 0.29) is 47.7 Å². The summed E-state index contributed by atoms with van der Waals surface area (Å²) in [5.41, 5.74) is 0.859. The zero-order valence-corrected chi connectivity index (χ0v) is 19.6. The topological polar surface area (TPSA) is 104 Å². The Balaban J connectivity index is 2.61. The van der Waals surface area contributed by atoms with Crippen LogP contribution in [0.5, 0.6) is 0 Å². The van der Waals surface area contributed by atoms with Gasteiger partial charge in [0.05, 0.1) is 12.2 Å². The predicted molar refractivity (Wildman–Crippen MR) is 122 cm³/mol. The van der Waals surface area contributed by atoms with Gasteiger partial charge in [0.25, 0.3) is 0 Å². The number of allylic oxidation sites excluding steroid dienone is 4. The first-order valence-electron chi connectivity index (χ1n) is 11.1. The average molecular weight is 434 g/mol. The van der Waals surface area contributed by atoms with Crippen LogP contribution in [0.25, 0.3) is 0 Å². The van der Waals surface area contributed by atoms with Gasteiger partial charge in [-0.1, -0.05) is 49.8 Å². The van der Waals surface area contributed by atoms with Gasteiger partial charge >= 0.3 is 0 Å². The Hall–Kier alpha value is -2.05. The Kier molecular flexibility index (Phi) is 11.1. The van der Waals surface area contributed by atoms with Crippen LogP contribution in [-0.2, 0) is 14.4 Å². The van der Waals surface area contributed by atoms with E-state index in [2.05, 4.69) is 11.4 Å². The number of imide groups is 1. The van der Waals surface area contributed by atoms with E-state index < -0.39 is 12.2 Å². The number of nitrogens with one attached hydrogen (secondary N) is 1. The summed E-state index contributed by atoms with van der Waals surface area (Å²) in [7, 11) is 0. The molecule has 0 aromatic carbocycles. The maximum absolute atomic E-state index is 12.3. The minimum absolute atomic E-state index is 0.0333. The second kappa shape index (κ2) is 12.7. The van der Waals surface area contributed by atoms with Crippen LogP contribution in [0.2, 0.25) is 0 Å². The summed E-state index contributed by atoms with van der Waals surface area (Å²) in [6.45, 7) is 9.34. The van der Waals surface area contributed by atoms with E-state index in [1.165, 1.54) is 12.5 Å². The maximum atomic E-state index is 12.3. The lowest BCUT2D eigenvalue weighted by molar-refractivity contribution is -0.129. The smallest absolute Gasteiger partial charge is 0.226 e. The molecule has 6 heteroatoms. The molecule has 0 bridgehead atoms. The van der Waals surface area contributed by atoms with Gasteiger partial charge in [0.2, 0.25) is 11.8 Å². The highest BCUT2D eigenvalue weighted by molar-refractivity contribution is 5.93. The molecular weight excluding hydrogens is 394 g/mol. The molecule has 0 radical (unpaired) electrons. The SMILES string of the molecule is CC(=O)NC(=O)CCCC=CC[C@H]1C(=O)C[C@@H](O)[C@@H]1C=C[C@H](O)C(C)(C)CC=C(C)C. The number of carbonyl (C=O) groups excluding carboxylic acids is 3. The van der Waals surface area contributed by atoms with Crippen LogP contribution >= 0.6 is 0 Å². The molecule has 4 atom stereocenters. The largest absolute Gasteiger partial charge is 0.392 e. The number of aliphatic hydroxyl groups is 2. The standard InChI is InChI=1S/C25H39NO5/c1-17(2)14-15-25(4,5)23(30)13-12-20-19(21(28)16-22(20)29)10-8-6-7-9-11-24(31)26-18(3)27/h6,8,12-14,19-20,22-23,29-30H,7,9-11,15-16H2,1-5H3,(H,26,27,31)/t19-,20-,22-,23+/m1/s1. The van der Waals surface area contributed by atoms with Gasteiger partial charge in [0.15, 0.2) is 0 Å². The van der Waals surface area contributed by atoms with Gasteiger partial charge in [-0.3, -0.25) is 19.7 Å². The van der Waals surface area contributed by atoms with Crippen LogP contribution in [0.4, 0.5) is 0 Å². The lowest BCUT2D eigenvalue weighted by Crippen LogP contribution is -2.28. The second-order valence-electron chi connectivity index (χ2n) is 9.43. The van der Waals surface area contributed by atoms with Crippen LogP contribution in [0.1, 0.15) is 73.1 Å². The molecule has 0 spiro atoms. The number of Topliss-reactive ketones (excluding diaryl/α,β-unsaturated/α-hetero) is 1. The summed E-state index contributed by atoms with van der Waals surface area (Å²) < 4.78 is 0. The van der Waals surface area contributed by atoms with Crippen molar-refractivity contribution in [2.24, 2.45) is 17.3 Å². The summed E-state index contributed by atoms with van der Waals surface area (Å²) in [4.78, 5) is 34.6. The first-order chi connectivity index (χ1) is 14.4. The van der Waals surface area contributed by atoms with Crippen molar-refractivity contribution in [2.75, 3.05) is 0 Å². The van der Waals surface area contributed by atoms with Crippen molar-refractivity contribution in [3.63, 3.8) is 0 Å². The van der Waals surface area contributed by atoms with Gasteiger partial charge in [0, 0.05) is 31.6 Å². The molecule has 0 heterocycles. The fourth-order valence-electron chi connectivity index (χ4n) is 3.61. The molecule has 1 rings (SSSR count). The molecule has 1 fully saturated rings. The molecule has 3 N–H and O–H groups in total. The number of rotatable bonds is 11. The van der Waals surface area contributed by atoms with Gasteiger partial charge in [0.1, 0.15) is 5.78 Å².